The van der Waals surface area contributed by atoms with Crippen LogP contribution in [-0.2, 0) is 14.3 Å². The molecule has 0 spiro atoms. The molecule has 0 aliphatic carbocycles. The number of ether oxygens (including phenoxy) is 2. The van der Waals surface area contributed by atoms with Crippen molar-refractivity contribution in [1.29, 1.82) is 0 Å². The van der Waals surface area contributed by atoms with Gasteiger partial charge in [-0.1, -0.05) is 67.2 Å². The quantitative estimate of drug-likeness (QED) is 0.289. The number of carbonyl (C=O) groups excluding carboxylic acids is 1. The normalized spacial score (nSPS) is 14.0. The molecule has 0 saturated carbocycles. The largest absolute Gasteiger partial charge is 0.466 e. The van der Waals surface area contributed by atoms with Crippen LogP contribution in [0.25, 0.3) is 0 Å². The van der Waals surface area contributed by atoms with Gasteiger partial charge in [0.2, 0.25) is 0 Å². The maximum absolute atomic E-state index is 10.8. The molecule has 0 aliphatic heterocycles. The van der Waals surface area contributed by atoms with Crippen molar-refractivity contribution in [2.45, 2.75) is 113 Å². The molecule has 0 radical (unpaired) electrons. The topological polar surface area (TPSA) is 35.5 Å². The summed E-state index contributed by atoms with van der Waals surface area (Å²) in [6, 6.07) is 0. The molecule has 0 bridgehead atoms. The minimum atomic E-state index is -0.180. The van der Waals surface area contributed by atoms with Gasteiger partial charge >= 0.3 is 5.97 Å². The molecule has 3 nitrogen and oxygen atoms in total. The Labute approximate surface area is 164 Å². The van der Waals surface area contributed by atoms with Crippen molar-refractivity contribution >= 4 is 5.97 Å². The molecule has 2 unspecified atom stereocenters. The highest BCUT2D eigenvalue weighted by atomic mass is 16.5. The van der Waals surface area contributed by atoms with E-state index in [1.54, 1.807) is 0 Å². The van der Waals surface area contributed by atoms with Crippen molar-refractivity contribution in [2.24, 2.45) is 17.8 Å². The van der Waals surface area contributed by atoms with E-state index in [1.165, 1.54) is 39.0 Å². The molecule has 0 N–H and O–H groups in total. The highest BCUT2D eigenvalue weighted by molar-refractivity contribution is 5.65. The molecule has 0 aliphatic rings. The zero-order valence-electron chi connectivity index (χ0n) is 18.0. The summed E-state index contributed by atoms with van der Waals surface area (Å²) in [5.41, 5.74) is -0.0345. The smallest absolute Gasteiger partial charge is 0.302 e. The summed E-state index contributed by atoms with van der Waals surface area (Å²) in [7, 11) is 0. The standard InChI is InChI=1S/C22H44O3.CH4/c1-18(2)10-8-11-19(3)14-17-25-22(6,7)15-9-12-20(4)13-16-24-21(5)23;/h18-20H,8-17H2,1-7H3;1H4. The number of hydrogen-bond acceptors (Lipinski definition) is 3. The van der Waals surface area contributed by atoms with Crippen molar-refractivity contribution in [1.82, 2.24) is 0 Å². The molecule has 26 heavy (non-hydrogen) atoms. The van der Waals surface area contributed by atoms with Gasteiger partial charge < -0.3 is 9.47 Å². The Kier molecular flexibility index (Phi) is 16.5. The van der Waals surface area contributed by atoms with Crippen LogP contribution in [0.4, 0.5) is 0 Å². The van der Waals surface area contributed by atoms with Crippen molar-refractivity contribution in [3.63, 3.8) is 0 Å². The van der Waals surface area contributed by atoms with Gasteiger partial charge in [0.15, 0.2) is 0 Å². The highest BCUT2D eigenvalue weighted by Gasteiger charge is 2.19. The number of hydrogen-bond donors (Lipinski definition) is 0. The summed E-state index contributed by atoms with van der Waals surface area (Å²) in [6.45, 7) is 16.5. The first-order valence-electron chi connectivity index (χ1n) is 10.4. The van der Waals surface area contributed by atoms with Crippen LogP contribution < -0.4 is 0 Å². The van der Waals surface area contributed by atoms with Gasteiger partial charge in [-0.3, -0.25) is 4.79 Å². The van der Waals surface area contributed by atoms with E-state index >= 15 is 0 Å². The molecule has 0 aromatic rings. The molecule has 0 rings (SSSR count). The Hall–Kier alpha value is -0.570. The Morgan fingerprint density at radius 1 is 0.846 bits per heavy atom. The van der Waals surface area contributed by atoms with Gasteiger partial charge in [0.25, 0.3) is 0 Å². The van der Waals surface area contributed by atoms with Gasteiger partial charge in [-0.2, -0.15) is 0 Å². The fraction of sp³-hybridized carbons (Fsp3) is 0.957. The first-order chi connectivity index (χ1) is 11.6. The number of carbonyl (C=O) groups is 1. The zero-order valence-corrected chi connectivity index (χ0v) is 18.0. The van der Waals surface area contributed by atoms with Crippen molar-refractivity contribution in [3.05, 3.63) is 0 Å². The maximum Gasteiger partial charge on any atom is 0.302 e. The van der Waals surface area contributed by atoms with E-state index in [0.29, 0.717) is 12.5 Å². The molecule has 2 atom stereocenters. The first-order valence-corrected chi connectivity index (χ1v) is 10.4. The average Bonchev–Trinajstić information content (AvgIpc) is 2.45. The van der Waals surface area contributed by atoms with Crippen LogP contribution in [0.3, 0.4) is 0 Å². The monoisotopic (exact) mass is 372 g/mol. The Bertz CT molecular complexity index is 336. The summed E-state index contributed by atoms with van der Waals surface area (Å²) in [5, 5.41) is 0. The van der Waals surface area contributed by atoms with Gasteiger partial charge in [0.05, 0.1) is 12.2 Å². The number of rotatable bonds is 15. The lowest BCUT2D eigenvalue weighted by Crippen LogP contribution is -2.25. The average molecular weight is 373 g/mol. The van der Waals surface area contributed by atoms with E-state index in [0.717, 1.165) is 37.7 Å². The van der Waals surface area contributed by atoms with Gasteiger partial charge in [-0.15, -0.1) is 0 Å². The van der Waals surface area contributed by atoms with E-state index in [2.05, 4.69) is 41.5 Å². The predicted octanol–water partition coefficient (Wildman–Crippen LogP) is 7.03. The van der Waals surface area contributed by atoms with Gasteiger partial charge in [-0.05, 0) is 50.9 Å². The van der Waals surface area contributed by atoms with E-state index in [1.807, 2.05) is 0 Å². The maximum atomic E-state index is 10.8. The van der Waals surface area contributed by atoms with Crippen molar-refractivity contribution < 1.29 is 14.3 Å². The molecule has 0 fully saturated rings. The molecule has 158 valence electrons. The fourth-order valence-electron chi connectivity index (χ4n) is 3.05. The highest BCUT2D eigenvalue weighted by Crippen LogP contribution is 2.23. The second kappa shape index (κ2) is 15.5. The molecular weight excluding hydrogens is 324 g/mol. The molecule has 0 aromatic carbocycles. The van der Waals surface area contributed by atoms with Crippen LogP contribution in [0.2, 0.25) is 0 Å². The van der Waals surface area contributed by atoms with Crippen LogP contribution in [0.15, 0.2) is 0 Å². The van der Waals surface area contributed by atoms with E-state index in [4.69, 9.17) is 9.47 Å². The van der Waals surface area contributed by atoms with E-state index in [-0.39, 0.29) is 19.0 Å². The van der Waals surface area contributed by atoms with Crippen molar-refractivity contribution in [3.8, 4) is 0 Å². The lowest BCUT2D eigenvalue weighted by atomic mass is 9.95. The third-order valence-corrected chi connectivity index (χ3v) is 4.97. The third-order valence-electron chi connectivity index (χ3n) is 4.97. The van der Waals surface area contributed by atoms with E-state index < -0.39 is 0 Å². The minimum Gasteiger partial charge on any atom is -0.466 e. The molecular formula is C23H48O3. The summed E-state index contributed by atoms with van der Waals surface area (Å²) in [5.74, 6) is 1.99. The number of esters is 1. The van der Waals surface area contributed by atoms with Gasteiger partial charge in [-0.25, -0.2) is 0 Å². The lowest BCUT2D eigenvalue weighted by molar-refractivity contribution is -0.141. The molecule has 3 heteroatoms. The Morgan fingerprint density at radius 2 is 1.38 bits per heavy atom. The fourth-order valence-corrected chi connectivity index (χ4v) is 3.05. The molecule has 0 saturated heterocycles. The van der Waals surface area contributed by atoms with Gasteiger partial charge in [0.1, 0.15) is 0 Å². The first kappa shape index (κ1) is 27.6. The molecule has 0 amide bonds. The zero-order chi connectivity index (χ0) is 19.3. The summed E-state index contributed by atoms with van der Waals surface area (Å²) in [6.07, 6.45) is 9.54. The van der Waals surface area contributed by atoms with Crippen LogP contribution in [0, 0.1) is 17.8 Å². The van der Waals surface area contributed by atoms with Crippen LogP contribution >= 0.6 is 0 Å². The second-order valence-corrected chi connectivity index (χ2v) is 8.95. The van der Waals surface area contributed by atoms with Crippen LogP contribution in [0.1, 0.15) is 107 Å². The SMILES string of the molecule is C.CC(=O)OCCC(C)CCCC(C)(C)OCCC(C)CCCC(C)C. The summed E-state index contributed by atoms with van der Waals surface area (Å²) < 4.78 is 11.2. The minimum absolute atomic E-state index is 0. The van der Waals surface area contributed by atoms with Crippen LogP contribution in [0.5, 0.6) is 0 Å². The molecule has 0 heterocycles. The third kappa shape index (κ3) is 18.2. The Balaban J connectivity index is 0. The van der Waals surface area contributed by atoms with Crippen molar-refractivity contribution in [2.75, 3.05) is 13.2 Å². The lowest BCUT2D eigenvalue weighted by Gasteiger charge is -2.27. The Morgan fingerprint density at radius 3 is 1.92 bits per heavy atom. The summed E-state index contributed by atoms with van der Waals surface area (Å²) in [4.78, 5) is 10.8. The van der Waals surface area contributed by atoms with Gasteiger partial charge in [0, 0.05) is 13.5 Å². The second-order valence-electron chi connectivity index (χ2n) is 8.95. The predicted molar refractivity (Wildman–Crippen MR) is 113 cm³/mol. The van der Waals surface area contributed by atoms with Crippen LogP contribution in [-0.4, -0.2) is 24.8 Å². The molecule has 0 aromatic heterocycles. The van der Waals surface area contributed by atoms with E-state index in [9.17, 15) is 4.79 Å². The summed E-state index contributed by atoms with van der Waals surface area (Å²) >= 11 is 0.